The van der Waals surface area contributed by atoms with E-state index >= 15 is 0 Å². The van der Waals surface area contributed by atoms with Gasteiger partial charge in [0.25, 0.3) is 5.56 Å². The lowest BCUT2D eigenvalue weighted by molar-refractivity contribution is 0.566. The van der Waals surface area contributed by atoms with Gasteiger partial charge in [-0.15, -0.1) is 0 Å². The Morgan fingerprint density at radius 2 is 2.38 bits per heavy atom. The maximum Gasteiger partial charge on any atom is 0.283 e. The second-order valence-electron chi connectivity index (χ2n) is 4.22. The van der Waals surface area contributed by atoms with Gasteiger partial charge >= 0.3 is 0 Å². The predicted molar refractivity (Wildman–Crippen MR) is 67.7 cm³/mol. The van der Waals surface area contributed by atoms with E-state index in [9.17, 15) is 4.79 Å². The first-order valence-electron chi connectivity index (χ1n) is 5.72. The number of anilines is 1. The van der Waals surface area contributed by atoms with Crippen LogP contribution < -0.4 is 10.9 Å². The van der Waals surface area contributed by atoms with E-state index in [0.29, 0.717) is 11.0 Å². The maximum atomic E-state index is 11.9. The Morgan fingerprint density at radius 1 is 1.62 bits per heavy atom. The van der Waals surface area contributed by atoms with Gasteiger partial charge in [0.15, 0.2) is 0 Å². The molecule has 0 radical (unpaired) electrons. The average Bonchev–Trinajstić information content (AvgIpc) is 3.08. The van der Waals surface area contributed by atoms with Crippen LogP contribution in [0.3, 0.4) is 0 Å². The lowest BCUT2D eigenvalue weighted by Gasteiger charge is -2.09. The van der Waals surface area contributed by atoms with Crippen molar-refractivity contribution in [1.29, 1.82) is 0 Å². The molecular formula is C11H16BrN3O. The van der Waals surface area contributed by atoms with Gasteiger partial charge in [0.2, 0.25) is 0 Å². The summed E-state index contributed by atoms with van der Waals surface area (Å²) in [5.74, 6) is 0.782. The third kappa shape index (κ3) is 2.64. The molecule has 1 saturated carbocycles. The summed E-state index contributed by atoms with van der Waals surface area (Å²) in [6.07, 6.45) is 5.23. The van der Waals surface area contributed by atoms with E-state index in [-0.39, 0.29) is 5.56 Å². The lowest BCUT2D eigenvalue weighted by Crippen LogP contribution is -2.24. The molecule has 0 amide bonds. The van der Waals surface area contributed by atoms with Crippen LogP contribution in [0.4, 0.5) is 5.69 Å². The van der Waals surface area contributed by atoms with Gasteiger partial charge in [0, 0.05) is 13.1 Å². The van der Waals surface area contributed by atoms with E-state index in [1.807, 2.05) is 6.92 Å². The molecule has 0 bridgehead atoms. The van der Waals surface area contributed by atoms with Crippen molar-refractivity contribution < 1.29 is 0 Å². The zero-order valence-corrected chi connectivity index (χ0v) is 11.0. The van der Waals surface area contributed by atoms with Crippen molar-refractivity contribution in [3.8, 4) is 0 Å². The first-order valence-corrected chi connectivity index (χ1v) is 6.51. The van der Waals surface area contributed by atoms with Crippen molar-refractivity contribution >= 4 is 21.6 Å². The zero-order valence-electron chi connectivity index (χ0n) is 9.37. The van der Waals surface area contributed by atoms with Gasteiger partial charge in [-0.05, 0) is 41.1 Å². The lowest BCUT2D eigenvalue weighted by atomic mass is 10.4. The Balaban J connectivity index is 2.13. The molecule has 0 aromatic carbocycles. The van der Waals surface area contributed by atoms with Crippen LogP contribution in [0.5, 0.6) is 0 Å². The standard InChI is InChI=1S/C11H16BrN3O/c1-2-5-15-11(16)10(12)9(7-14-15)13-6-8-3-4-8/h7-8,13H,2-6H2,1H3. The minimum atomic E-state index is -0.0531. The van der Waals surface area contributed by atoms with Crippen LogP contribution in [-0.4, -0.2) is 16.3 Å². The van der Waals surface area contributed by atoms with Gasteiger partial charge in [-0.1, -0.05) is 6.92 Å². The molecule has 1 aliphatic rings. The van der Waals surface area contributed by atoms with E-state index < -0.39 is 0 Å². The second-order valence-corrected chi connectivity index (χ2v) is 5.02. The van der Waals surface area contributed by atoms with Crippen molar-refractivity contribution in [1.82, 2.24) is 9.78 Å². The quantitative estimate of drug-likeness (QED) is 0.903. The normalized spacial score (nSPS) is 15.1. The van der Waals surface area contributed by atoms with Crippen LogP contribution in [0.25, 0.3) is 0 Å². The fraction of sp³-hybridized carbons (Fsp3) is 0.636. The summed E-state index contributed by atoms with van der Waals surface area (Å²) in [4.78, 5) is 11.9. The fourth-order valence-corrected chi connectivity index (χ4v) is 1.98. The molecule has 1 N–H and O–H groups in total. The Morgan fingerprint density at radius 3 is 3.00 bits per heavy atom. The monoisotopic (exact) mass is 285 g/mol. The summed E-state index contributed by atoms with van der Waals surface area (Å²) in [5, 5.41) is 7.40. The van der Waals surface area contributed by atoms with Crippen molar-refractivity contribution in [2.24, 2.45) is 5.92 Å². The topological polar surface area (TPSA) is 46.9 Å². The minimum absolute atomic E-state index is 0.0531. The number of nitrogens with zero attached hydrogens (tertiary/aromatic N) is 2. The zero-order chi connectivity index (χ0) is 11.5. The highest BCUT2D eigenvalue weighted by molar-refractivity contribution is 9.10. The molecule has 0 spiro atoms. The molecule has 88 valence electrons. The molecule has 2 rings (SSSR count). The van der Waals surface area contributed by atoms with Crippen LogP contribution in [0.2, 0.25) is 0 Å². The highest BCUT2D eigenvalue weighted by Crippen LogP contribution is 2.29. The number of rotatable bonds is 5. The molecule has 0 atom stereocenters. The van der Waals surface area contributed by atoms with Gasteiger partial charge < -0.3 is 5.32 Å². The number of aromatic nitrogens is 2. The van der Waals surface area contributed by atoms with Crippen molar-refractivity contribution in [3.05, 3.63) is 21.0 Å². The van der Waals surface area contributed by atoms with E-state index in [1.54, 1.807) is 6.20 Å². The van der Waals surface area contributed by atoms with Crippen LogP contribution in [-0.2, 0) is 6.54 Å². The van der Waals surface area contributed by atoms with E-state index in [4.69, 9.17) is 0 Å². The molecule has 1 aromatic rings. The fourth-order valence-electron chi connectivity index (χ4n) is 1.54. The van der Waals surface area contributed by atoms with Crippen molar-refractivity contribution in [2.45, 2.75) is 32.7 Å². The minimum Gasteiger partial charge on any atom is -0.382 e. The van der Waals surface area contributed by atoms with Crippen LogP contribution in [0, 0.1) is 5.92 Å². The predicted octanol–water partition coefficient (Wildman–Crippen LogP) is 2.24. The van der Waals surface area contributed by atoms with Gasteiger partial charge in [0.1, 0.15) is 4.47 Å². The summed E-state index contributed by atoms with van der Waals surface area (Å²) in [7, 11) is 0. The van der Waals surface area contributed by atoms with Crippen LogP contribution >= 0.6 is 15.9 Å². The molecule has 16 heavy (non-hydrogen) atoms. The van der Waals surface area contributed by atoms with Gasteiger partial charge in [-0.2, -0.15) is 5.10 Å². The number of nitrogens with one attached hydrogen (secondary N) is 1. The third-order valence-corrected chi connectivity index (χ3v) is 3.46. The number of aryl methyl sites for hydroxylation is 1. The maximum absolute atomic E-state index is 11.9. The van der Waals surface area contributed by atoms with Crippen LogP contribution in [0.15, 0.2) is 15.5 Å². The average molecular weight is 286 g/mol. The first-order chi connectivity index (χ1) is 7.72. The molecule has 1 fully saturated rings. The SMILES string of the molecule is CCCn1ncc(NCC2CC2)c(Br)c1=O. The summed E-state index contributed by atoms with van der Waals surface area (Å²) in [6, 6.07) is 0. The number of hydrogen-bond acceptors (Lipinski definition) is 3. The highest BCUT2D eigenvalue weighted by Gasteiger charge is 2.21. The molecule has 1 aromatic heterocycles. The molecule has 0 saturated heterocycles. The Bertz CT molecular complexity index is 426. The number of halogens is 1. The molecule has 1 aliphatic carbocycles. The van der Waals surface area contributed by atoms with E-state index in [0.717, 1.165) is 24.6 Å². The Hall–Kier alpha value is -0.840. The smallest absolute Gasteiger partial charge is 0.283 e. The molecule has 4 nitrogen and oxygen atoms in total. The van der Waals surface area contributed by atoms with Gasteiger partial charge in [-0.3, -0.25) is 4.79 Å². The first kappa shape index (κ1) is 11.6. The van der Waals surface area contributed by atoms with Crippen molar-refractivity contribution in [3.63, 3.8) is 0 Å². The molecule has 1 heterocycles. The largest absolute Gasteiger partial charge is 0.382 e. The van der Waals surface area contributed by atoms with Gasteiger partial charge in [0.05, 0.1) is 11.9 Å². The third-order valence-electron chi connectivity index (χ3n) is 2.70. The highest BCUT2D eigenvalue weighted by atomic mass is 79.9. The summed E-state index contributed by atoms with van der Waals surface area (Å²) < 4.78 is 2.09. The second kappa shape index (κ2) is 4.99. The molecular weight excluding hydrogens is 270 g/mol. The number of hydrogen-bond donors (Lipinski definition) is 1. The summed E-state index contributed by atoms with van der Waals surface area (Å²) in [6.45, 7) is 3.64. The van der Waals surface area contributed by atoms with Gasteiger partial charge in [-0.25, -0.2) is 4.68 Å². The summed E-state index contributed by atoms with van der Waals surface area (Å²) in [5.41, 5.74) is 0.756. The molecule has 0 unspecified atom stereocenters. The Labute approximate surface area is 103 Å². The van der Waals surface area contributed by atoms with E-state index in [1.165, 1.54) is 17.5 Å². The summed E-state index contributed by atoms with van der Waals surface area (Å²) >= 11 is 3.34. The molecule has 0 aliphatic heterocycles. The Kier molecular flexibility index (Phi) is 3.63. The van der Waals surface area contributed by atoms with Crippen LogP contribution in [0.1, 0.15) is 26.2 Å². The van der Waals surface area contributed by atoms with Crippen molar-refractivity contribution in [2.75, 3.05) is 11.9 Å². The van der Waals surface area contributed by atoms with E-state index in [2.05, 4.69) is 26.3 Å². The molecule has 5 heteroatoms.